The number of nitrogens with zero attached hydrogens (tertiary/aromatic N) is 1. The molecule has 2 amide bonds. The summed E-state index contributed by atoms with van der Waals surface area (Å²) >= 11 is 0. The minimum atomic E-state index is -0.946. The SMILES string of the molecule is COC1CN(Cc2ccccc2)CCC1C1(C(N)=O)C=CC=C(C(N)=O)C1. The molecule has 1 fully saturated rings. The molecule has 0 aromatic heterocycles. The van der Waals surface area contributed by atoms with Crippen LogP contribution in [0.15, 0.2) is 54.1 Å². The topological polar surface area (TPSA) is 98.7 Å². The first-order chi connectivity index (χ1) is 13.0. The number of carbonyl (C=O) groups is 2. The molecule has 3 unspecified atom stereocenters. The van der Waals surface area contributed by atoms with Gasteiger partial charge < -0.3 is 16.2 Å². The predicted molar refractivity (Wildman–Crippen MR) is 103 cm³/mol. The molecule has 1 aromatic rings. The molecule has 4 N–H and O–H groups in total. The summed E-state index contributed by atoms with van der Waals surface area (Å²) < 4.78 is 5.78. The molecule has 0 radical (unpaired) electrons. The zero-order valence-electron chi connectivity index (χ0n) is 15.6. The number of likely N-dealkylation sites (tertiary alicyclic amines) is 1. The zero-order chi connectivity index (χ0) is 19.4. The van der Waals surface area contributed by atoms with Crippen molar-refractivity contribution >= 4 is 11.8 Å². The van der Waals surface area contributed by atoms with Crippen molar-refractivity contribution in [1.29, 1.82) is 0 Å². The molecule has 1 saturated heterocycles. The van der Waals surface area contributed by atoms with Gasteiger partial charge in [0.2, 0.25) is 11.8 Å². The van der Waals surface area contributed by atoms with Crippen molar-refractivity contribution in [2.45, 2.75) is 25.5 Å². The summed E-state index contributed by atoms with van der Waals surface area (Å²) in [5.74, 6) is -1.05. The highest BCUT2D eigenvalue weighted by Gasteiger charge is 2.49. The lowest BCUT2D eigenvalue weighted by atomic mass is 9.64. The Hall–Kier alpha value is -2.44. The van der Waals surface area contributed by atoms with Crippen LogP contribution in [0, 0.1) is 11.3 Å². The first kappa shape index (κ1) is 19.3. The number of ether oxygens (including phenoxy) is 1. The molecular weight excluding hydrogens is 342 g/mol. The molecule has 1 aromatic carbocycles. The van der Waals surface area contributed by atoms with Crippen molar-refractivity contribution in [3.05, 3.63) is 59.7 Å². The summed E-state index contributed by atoms with van der Waals surface area (Å²) in [5, 5.41) is 0. The van der Waals surface area contributed by atoms with Crippen LogP contribution in [0.3, 0.4) is 0 Å². The fourth-order valence-corrected chi connectivity index (χ4v) is 4.34. The summed E-state index contributed by atoms with van der Waals surface area (Å²) in [6, 6.07) is 10.3. The summed E-state index contributed by atoms with van der Waals surface area (Å²) in [4.78, 5) is 26.5. The van der Waals surface area contributed by atoms with Crippen LogP contribution in [-0.2, 0) is 20.9 Å². The van der Waals surface area contributed by atoms with Gasteiger partial charge in [0.15, 0.2) is 0 Å². The highest BCUT2D eigenvalue weighted by atomic mass is 16.5. The lowest BCUT2D eigenvalue weighted by Gasteiger charge is -2.46. The molecule has 6 heteroatoms. The number of hydrogen-bond donors (Lipinski definition) is 2. The maximum atomic E-state index is 12.5. The summed E-state index contributed by atoms with van der Waals surface area (Å²) in [6.45, 7) is 2.37. The number of allylic oxidation sites excluding steroid dienone is 2. The molecular formula is C21H27N3O3. The van der Waals surface area contributed by atoms with Crippen molar-refractivity contribution in [3.8, 4) is 0 Å². The minimum Gasteiger partial charge on any atom is -0.380 e. The maximum Gasteiger partial charge on any atom is 0.244 e. The standard InChI is InChI=1S/C21H27N3O3/c1-27-18-14-24(13-15-6-3-2-4-7-15)11-9-17(18)21(20(23)26)10-5-8-16(12-21)19(22)25/h2-8,10,17-18H,9,11-14H2,1H3,(H2,22,25)(H2,23,26). The fraction of sp³-hybridized carbons (Fsp3) is 0.429. The van der Waals surface area contributed by atoms with Gasteiger partial charge in [0.1, 0.15) is 0 Å². The van der Waals surface area contributed by atoms with E-state index in [1.807, 2.05) is 24.3 Å². The average molecular weight is 369 g/mol. The molecule has 0 saturated carbocycles. The van der Waals surface area contributed by atoms with Gasteiger partial charge in [-0.3, -0.25) is 14.5 Å². The van der Waals surface area contributed by atoms with Gasteiger partial charge in [-0.05, 0) is 24.9 Å². The number of rotatable bonds is 6. The Kier molecular flexibility index (Phi) is 5.77. The van der Waals surface area contributed by atoms with Gasteiger partial charge in [0, 0.05) is 31.7 Å². The first-order valence-electron chi connectivity index (χ1n) is 9.23. The molecule has 0 spiro atoms. The first-order valence-corrected chi connectivity index (χ1v) is 9.23. The van der Waals surface area contributed by atoms with Gasteiger partial charge in [-0.1, -0.05) is 48.6 Å². The average Bonchev–Trinajstić information content (AvgIpc) is 2.68. The van der Waals surface area contributed by atoms with Crippen LogP contribution in [0.2, 0.25) is 0 Å². The molecule has 1 aliphatic carbocycles. The number of benzene rings is 1. The Morgan fingerprint density at radius 2 is 2.00 bits per heavy atom. The number of methoxy groups -OCH3 is 1. The van der Waals surface area contributed by atoms with Crippen LogP contribution in [-0.4, -0.2) is 43.0 Å². The van der Waals surface area contributed by atoms with E-state index in [1.165, 1.54) is 5.56 Å². The molecule has 1 heterocycles. The molecule has 6 nitrogen and oxygen atoms in total. The highest BCUT2D eigenvalue weighted by Crippen LogP contribution is 2.44. The summed E-state index contributed by atoms with van der Waals surface area (Å²) in [5.41, 5.74) is 12.0. The van der Waals surface area contributed by atoms with E-state index in [-0.39, 0.29) is 18.4 Å². The van der Waals surface area contributed by atoms with E-state index in [0.29, 0.717) is 12.1 Å². The van der Waals surface area contributed by atoms with Crippen molar-refractivity contribution in [1.82, 2.24) is 4.90 Å². The number of hydrogen-bond acceptors (Lipinski definition) is 4. The molecule has 144 valence electrons. The van der Waals surface area contributed by atoms with Crippen molar-refractivity contribution in [2.24, 2.45) is 22.8 Å². The third kappa shape index (κ3) is 3.96. The van der Waals surface area contributed by atoms with Crippen LogP contribution < -0.4 is 11.5 Å². The summed E-state index contributed by atoms with van der Waals surface area (Å²) in [6.07, 6.45) is 6.03. The van der Waals surface area contributed by atoms with Gasteiger partial charge >= 0.3 is 0 Å². The lowest BCUT2D eigenvalue weighted by molar-refractivity contribution is -0.134. The van der Waals surface area contributed by atoms with Crippen LogP contribution in [0.25, 0.3) is 0 Å². The Balaban J connectivity index is 1.79. The van der Waals surface area contributed by atoms with E-state index in [1.54, 1.807) is 19.3 Å². The third-order valence-electron chi connectivity index (χ3n) is 5.81. The molecule has 27 heavy (non-hydrogen) atoms. The van der Waals surface area contributed by atoms with Crippen molar-refractivity contribution in [2.75, 3.05) is 20.2 Å². The Morgan fingerprint density at radius 1 is 1.26 bits per heavy atom. The maximum absolute atomic E-state index is 12.5. The van der Waals surface area contributed by atoms with E-state index in [4.69, 9.17) is 16.2 Å². The van der Waals surface area contributed by atoms with Crippen LogP contribution in [0.5, 0.6) is 0 Å². The lowest BCUT2D eigenvalue weighted by Crippen LogP contribution is -2.55. The number of amides is 2. The third-order valence-corrected chi connectivity index (χ3v) is 5.81. The van der Waals surface area contributed by atoms with Gasteiger partial charge in [0.25, 0.3) is 0 Å². The van der Waals surface area contributed by atoms with Crippen molar-refractivity contribution in [3.63, 3.8) is 0 Å². The number of nitrogens with two attached hydrogens (primary N) is 2. The van der Waals surface area contributed by atoms with Crippen LogP contribution in [0.1, 0.15) is 18.4 Å². The Morgan fingerprint density at radius 3 is 2.63 bits per heavy atom. The quantitative estimate of drug-likeness (QED) is 0.791. The fourth-order valence-electron chi connectivity index (χ4n) is 4.34. The largest absolute Gasteiger partial charge is 0.380 e. The molecule has 1 aliphatic heterocycles. The number of primary amides is 2. The van der Waals surface area contributed by atoms with Gasteiger partial charge in [0.05, 0.1) is 11.5 Å². The highest BCUT2D eigenvalue weighted by molar-refractivity contribution is 5.95. The smallest absolute Gasteiger partial charge is 0.244 e. The minimum absolute atomic E-state index is 0.105. The van der Waals surface area contributed by atoms with Gasteiger partial charge in [-0.25, -0.2) is 0 Å². The van der Waals surface area contributed by atoms with Gasteiger partial charge in [-0.2, -0.15) is 0 Å². The molecule has 3 rings (SSSR count). The second-order valence-corrected chi connectivity index (χ2v) is 7.39. The van der Waals surface area contributed by atoms with Crippen molar-refractivity contribution < 1.29 is 14.3 Å². The van der Waals surface area contributed by atoms with E-state index in [2.05, 4.69) is 17.0 Å². The second kappa shape index (κ2) is 8.06. The monoisotopic (exact) mass is 369 g/mol. The number of piperidine rings is 1. The van der Waals surface area contributed by atoms with E-state index in [0.717, 1.165) is 19.5 Å². The summed E-state index contributed by atoms with van der Waals surface area (Å²) in [7, 11) is 1.66. The predicted octanol–water partition coefficient (Wildman–Crippen LogP) is 1.37. The van der Waals surface area contributed by atoms with Crippen LogP contribution in [0.4, 0.5) is 0 Å². The Bertz CT molecular complexity index is 759. The molecule has 3 atom stereocenters. The number of carbonyl (C=O) groups excluding carboxylic acids is 2. The Labute approximate surface area is 159 Å². The zero-order valence-corrected chi connectivity index (χ0v) is 15.6. The van der Waals surface area contributed by atoms with E-state index in [9.17, 15) is 9.59 Å². The van der Waals surface area contributed by atoms with Crippen LogP contribution >= 0.6 is 0 Å². The van der Waals surface area contributed by atoms with Gasteiger partial charge in [-0.15, -0.1) is 0 Å². The van der Waals surface area contributed by atoms with E-state index < -0.39 is 17.2 Å². The second-order valence-electron chi connectivity index (χ2n) is 7.39. The van der Waals surface area contributed by atoms with E-state index >= 15 is 0 Å². The normalized spacial score (nSPS) is 28.6. The molecule has 2 aliphatic rings. The molecule has 0 bridgehead atoms.